The van der Waals surface area contributed by atoms with E-state index in [9.17, 15) is 9.59 Å². The smallest absolute Gasteiger partial charge is 0.245 e. The topological polar surface area (TPSA) is 58.6 Å². The maximum Gasteiger partial charge on any atom is 0.245 e. The van der Waals surface area contributed by atoms with Crippen molar-refractivity contribution in [3.63, 3.8) is 0 Å². The number of ether oxygens (including phenoxy) is 1. The van der Waals surface area contributed by atoms with Crippen LogP contribution in [0.3, 0.4) is 0 Å². The van der Waals surface area contributed by atoms with E-state index in [1.165, 1.54) is 0 Å². The molecule has 0 aliphatic carbocycles. The van der Waals surface area contributed by atoms with E-state index in [1.807, 2.05) is 20.8 Å². The molecule has 5 heteroatoms. The molecular weight excluding hydrogens is 256 g/mol. The molecule has 2 unspecified atom stereocenters. The Morgan fingerprint density at radius 1 is 1.25 bits per heavy atom. The molecule has 1 aliphatic rings. The number of hydrogen-bond donors (Lipinski definition) is 1. The van der Waals surface area contributed by atoms with Crippen LogP contribution in [0, 0.1) is 5.92 Å². The SMILES string of the molecule is CCC1NC(=O)C(CC(C)C)N(CCOC(C)C)C1=O. The fraction of sp³-hybridized carbons (Fsp3) is 0.867. The van der Waals surface area contributed by atoms with Gasteiger partial charge in [-0.1, -0.05) is 20.8 Å². The van der Waals surface area contributed by atoms with Gasteiger partial charge in [0.05, 0.1) is 12.7 Å². The molecule has 116 valence electrons. The van der Waals surface area contributed by atoms with Crippen molar-refractivity contribution in [3.05, 3.63) is 0 Å². The van der Waals surface area contributed by atoms with Crippen molar-refractivity contribution in [2.24, 2.45) is 5.92 Å². The zero-order valence-electron chi connectivity index (χ0n) is 13.3. The summed E-state index contributed by atoms with van der Waals surface area (Å²) >= 11 is 0. The summed E-state index contributed by atoms with van der Waals surface area (Å²) in [4.78, 5) is 26.3. The normalized spacial score (nSPS) is 23.6. The van der Waals surface area contributed by atoms with Gasteiger partial charge in [-0.25, -0.2) is 0 Å². The van der Waals surface area contributed by atoms with Gasteiger partial charge >= 0.3 is 0 Å². The Labute approximate surface area is 122 Å². The fourth-order valence-electron chi connectivity index (χ4n) is 2.44. The van der Waals surface area contributed by atoms with E-state index in [4.69, 9.17) is 4.74 Å². The van der Waals surface area contributed by atoms with E-state index in [0.29, 0.717) is 31.9 Å². The minimum atomic E-state index is -0.384. The van der Waals surface area contributed by atoms with Crippen LogP contribution >= 0.6 is 0 Å². The molecule has 5 nitrogen and oxygen atoms in total. The fourth-order valence-corrected chi connectivity index (χ4v) is 2.44. The molecule has 1 N–H and O–H groups in total. The van der Waals surface area contributed by atoms with Crippen molar-refractivity contribution in [2.75, 3.05) is 13.2 Å². The summed E-state index contributed by atoms with van der Waals surface area (Å²) in [6.45, 7) is 10.9. The summed E-state index contributed by atoms with van der Waals surface area (Å²) in [5, 5.41) is 2.83. The van der Waals surface area contributed by atoms with Gasteiger partial charge in [0.15, 0.2) is 0 Å². The number of carbonyl (C=O) groups excluding carboxylic acids is 2. The van der Waals surface area contributed by atoms with Gasteiger partial charge in [0.25, 0.3) is 0 Å². The van der Waals surface area contributed by atoms with Crippen LogP contribution in [0.2, 0.25) is 0 Å². The Bertz CT molecular complexity index is 342. The first-order valence-corrected chi connectivity index (χ1v) is 7.59. The molecule has 0 aromatic heterocycles. The summed E-state index contributed by atoms with van der Waals surface area (Å²) in [5.41, 5.74) is 0. The van der Waals surface area contributed by atoms with Crippen LogP contribution in [-0.4, -0.2) is 48.1 Å². The number of nitrogens with one attached hydrogen (secondary N) is 1. The number of carbonyl (C=O) groups is 2. The Morgan fingerprint density at radius 3 is 2.40 bits per heavy atom. The first-order chi connectivity index (χ1) is 9.36. The average Bonchev–Trinajstić information content (AvgIpc) is 2.36. The van der Waals surface area contributed by atoms with E-state index in [0.717, 1.165) is 0 Å². The van der Waals surface area contributed by atoms with Crippen molar-refractivity contribution < 1.29 is 14.3 Å². The maximum absolute atomic E-state index is 12.4. The summed E-state index contributed by atoms with van der Waals surface area (Å²) in [6.07, 6.45) is 1.45. The van der Waals surface area contributed by atoms with Gasteiger partial charge in [-0.3, -0.25) is 9.59 Å². The maximum atomic E-state index is 12.4. The molecule has 1 heterocycles. The molecule has 1 fully saturated rings. The third-order valence-electron chi connectivity index (χ3n) is 3.46. The molecule has 1 aliphatic heterocycles. The van der Waals surface area contributed by atoms with Crippen molar-refractivity contribution in [1.29, 1.82) is 0 Å². The highest BCUT2D eigenvalue weighted by atomic mass is 16.5. The molecule has 20 heavy (non-hydrogen) atoms. The number of amides is 2. The van der Waals surface area contributed by atoms with Crippen LogP contribution in [-0.2, 0) is 14.3 Å². The molecule has 2 amide bonds. The highest BCUT2D eigenvalue weighted by Crippen LogP contribution is 2.18. The zero-order chi connectivity index (χ0) is 15.3. The van der Waals surface area contributed by atoms with E-state index in [2.05, 4.69) is 19.2 Å². The van der Waals surface area contributed by atoms with Crippen LogP contribution in [0.4, 0.5) is 0 Å². The highest BCUT2D eigenvalue weighted by molar-refractivity contribution is 5.96. The van der Waals surface area contributed by atoms with Crippen LogP contribution in [0.15, 0.2) is 0 Å². The molecule has 0 saturated carbocycles. The predicted octanol–water partition coefficient (Wildman–Crippen LogP) is 1.56. The Kier molecular flexibility index (Phi) is 6.46. The molecule has 0 radical (unpaired) electrons. The lowest BCUT2D eigenvalue weighted by Crippen LogP contribution is -2.63. The van der Waals surface area contributed by atoms with E-state index in [-0.39, 0.29) is 30.0 Å². The summed E-state index contributed by atoms with van der Waals surface area (Å²) < 4.78 is 5.52. The molecule has 1 saturated heterocycles. The van der Waals surface area contributed by atoms with Crippen LogP contribution in [0.5, 0.6) is 0 Å². The van der Waals surface area contributed by atoms with Crippen molar-refractivity contribution in [2.45, 2.75) is 65.6 Å². The lowest BCUT2D eigenvalue weighted by molar-refractivity contribution is -0.151. The van der Waals surface area contributed by atoms with Crippen LogP contribution in [0.1, 0.15) is 47.5 Å². The van der Waals surface area contributed by atoms with Gasteiger partial charge in [0.1, 0.15) is 12.1 Å². The average molecular weight is 284 g/mol. The minimum absolute atomic E-state index is 0.0186. The standard InChI is InChI=1S/C15H28N2O3/c1-6-12-15(19)17(7-8-20-11(4)5)13(9-10(2)3)14(18)16-12/h10-13H,6-9H2,1-5H3,(H,16,18). The number of nitrogens with zero attached hydrogens (tertiary/aromatic N) is 1. The first-order valence-electron chi connectivity index (χ1n) is 7.59. The summed E-state index contributed by atoms with van der Waals surface area (Å²) in [5.74, 6) is 0.352. The molecule has 1 rings (SSSR count). The molecule has 0 spiro atoms. The Balaban J connectivity index is 2.77. The van der Waals surface area contributed by atoms with Gasteiger partial charge in [-0.05, 0) is 32.6 Å². The predicted molar refractivity (Wildman–Crippen MR) is 78.3 cm³/mol. The molecule has 0 bridgehead atoms. The monoisotopic (exact) mass is 284 g/mol. The largest absolute Gasteiger partial charge is 0.377 e. The molecule has 2 atom stereocenters. The van der Waals surface area contributed by atoms with Crippen LogP contribution < -0.4 is 5.32 Å². The highest BCUT2D eigenvalue weighted by Gasteiger charge is 2.39. The van der Waals surface area contributed by atoms with Crippen molar-refractivity contribution >= 4 is 11.8 Å². The summed E-state index contributed by atoms with van der Waals surface area (Å²) in [7, 11) is 0. The number of piperazine rings is 1. The molecule has 0 aromatic rings. The minimum Gasteiger partial charge on any atom is -0.377 e. The van der Waals surface area contributed by atoms with Crippen molar-refractivity contribution in [3.8, 4) is 0 Å². The Hall–Kier alpha value is -1.10. The lowest BCUT2D eigenvalue weighted by Gasteiger charge is -2.39. The van der Waals surface area contributed by atoms with Crippen molar-refractivity contribution in [1.82, 2.24) is 10.2 Å². The second-order valence-corrected chi connectivity index (χ2v) is 6.07. The molecule has 0 aromatic carbocycles. The van der Waals surface area contributed by atoms with Crippen LogP contribution in [0.25, 0.3) is 0 Å². The lowest BCUT2D eigenvalue weighted by atomic mass is 9.97. The van der Waals surface area contributed by atoms with Gasteiger partial charge in [-0.15, -0.1) is 0 Å². The van der Waals surface area contributed by atoms with Gasteiger partial charge in [0.2, 0.25) is 11.8 Å². The number of hydrogen-bond acceptors (Lipinski definition) is 3. The Morgan fingerprint density at radius 2 is 1.90 bits per heavy atom. The van der Waals surface area contributed by atoms with Gasteiger partial charge in [0, 0.05) is 6.54 Å². The number of rotatable bonds is 7. The van der Waals surface area contributed by atoms with Gasteiger partial charge in [-0.2, -0.15) is 0 Å². The second kappa shape index (κ2) is 7.62. The first kappa shape index (κ1) is 17.0. The van der Waals surface area contributed by atoms with Gasteiger partial charge < -0.3 is 15.0 Å². The quantitative estimate of drug-likeness (QED) is 0.772. The molecular formula is C15H28N2O3. The van der Waals surface area contributed by atoms with E-state index in [1.54, 1.807) is 4.90 Å². The third kappa shape index (κ3) is 4.47. The van der Waals surface area contributed by atoms with E-state index < -0.39 is 0 Å². The zero-order valence-corrected chi connectivity index (χ0v) is 13.3. The van der Waals surface area contributed by atoms with E-state index >= 15 is 0 Å². The third-order valence-corrected chi connectivity index (χ3v) is 3.46. The second-order valence-electron chi connectivity index (χ2n) is 6.07. The summed E-state index contributed by atoms with van der Waals surface area (Å²) in [6, 6.07) is -0.744.